The first-order chi connectivity index (χ1) is 9.39. The van der Waals surface area contributed by atoms with Crippen molar-refractivity contribution in [1.82, 2.24) is 4.90 Å². The Kier molecular flexibility index (Phi) is 2.83. The van der Waals surface area contributed by atoms with E-state index in [1.54, 1.807) is 18.2 Å². The van der Waals surface area contributed by atoms with Crippen molar-refractivity contribution < 1.29 is 14.3 Å². The van der Waals surface area contributed by atoms with Gasteiger partial charge in [-0.25, -0.2) is 0 Å². The SMILES string of the molecule is CC1(C)CC(N2C(=O)c3ccc(N)cc3C2=O)CCO1. The lowest BCUT2D eigenvalue weighted by atomic mass is 9.93. The Labute approximate surface area is 117 Å². The normalized spacial score (nSPS) is 24.9. The van der Waals surface area contributed by atoms with Crippen LogP contribution in [0.1, 0.15) is 47.4 Å². The molecule has 1 aromatic rings. The molecule has 0 bridgehead atoms. The Balaban J connectivity index is 1.93. The summed E-state index contributed by atoms with van der Waals surface area (Å²) in [4.78, 5) is 26.3. The van der Waals surface area contributed by atoms with Crippen molar-refractivity contribution in [2.75, 3.05) is 12.3 Å². The Hall–Kier alpha value is -1.88. The highest BCUT2D eigenvalue weighted by molar-refractivity contribution is 6.21. The van der Waals surface area contributed by atoms with Crippen molar-refractivity contribution in [3.8, 4) is 0 Å². The first kappa shape index (κ1) is 13.1. The lowest BCUT2D eigenvalue weighted by Gasteiger charge is -2.38. The minimum absolute atomic E-state index is 0.104. The predicted octanol–water partition coefficient (Wildman–Crippen LogP) is 1.82. The number of ether oxygens (including phenoxy) is 1. The van der Waals surface area contributed by atoms with E-state index in [4.69, 9.17) is 10.5 Å². The molecule has 1 fully saturated rings. The highest BCUT2D eigenvalue weighted by Crippen LogP contribution is 2.33. The second-order valence-electron chi connectivity index (χ2n) is 6.04. The van der Waals surface area contributed by atoms with Crippen LogP contribution in [0.4, 0.5) is 5.69 Å². The number of nitrogens with zero attached hydrogens (tertiary/aromatic N) is 1. The van der Waals surface area contributed by atoms with Crippen molar-refractivity contribution in [2.45, 2.75) is 38.3 Å². The number of hydrogen-bond donors (Lipinski definition) is 1. The monoisotopic (exact) mass is 274 g/mol. The fraction of sp³-hybridized carbons (Fsp3) is 0.467. The van der Waals surface area contributed by atoms with Gasteiger partial charge in [0.2, 0.25) is 0 Å². The smallest absolute Gasteiger partial charge is 0.261 e. The molecule has 2 aliphatic rings. The molecule has 5 nitrogen and oxygen atoms in total. The van der Waals surface area contributed by atoms with Gasteiger partial charge in [-0.2, -0.15) is 0 Å². The Morgan fingerprint density at radius 3 is 2.65 bits per heavy atom. The fourth-order valence-electron chi connectivity index (χ4n) is 3.03. The molecule has 20 heavy (non-hydrogen) atoms. The number of carbonyl (C=O) groups is 2. The molecule has 106 valence electrons. The third kappa shape index (κ3) is 1.98. The molecule has 0 saturated carbocycles. The molecule has 0 radical (unpaired) electrons. The number of amides is 2. The maximum atomic E-state index is 12.5. The molecule has 2 heterocycles. The van der Waals surface area contributed by atoms with Crippen molar-refractivity contribution in [1.29, 1.82) is 0 Å². The third-order valence-corrected chi connectivity index (χ3v) is 3.98. The first-order valence-electron chi connectivity index (χ1n) is 6.80. The van der Waals surface area contributed by atoms with Crippen LogP contribution in [0.15, 0.2) is 18.2 Å². The average Bonchev–Trinajstić information content (AvgIpc) is 2.60. The quantitative estimate of drug-likeness (QED) is 0.626. The van der Waals surface area contributed by atoms with Gasteiger partial charge in [-0.3, -0.25) is 14.5 Å². The highest BCUT2D eigenvalue weighted by Gasteiger charge is 2.43. The third-order valence-electron chi connectivity index (χ3n) is 3.98. The van der Waals surface area contributed by atoms with E-state index in [1.807, 2.05) is 13.8 Å². The minimum atomic E-state index is -0.308. The molecule has 0 spiro atoms. The zero-order chi connectivity index (χ0) is 14.5. The number of benzene rings is 1. The maximum absolute atomic E-state index is 12.5. The van der Waals surface area contributed by atoms with Crippen LogP contribution in [0.5, 0.6) is 0 Å². The number of hydrogen-bond acceptors (Lipinski definition) is 4. The molecule has 1 aromatic carbocycles. The van der Waals surface area contributed by atoms with E-state index in [1.165, 1.54) is 4.90 Å². The van der Waals surface area contributed by atoms with Crippen molar-refractivity contribution >= 4 is 17.5 Å². The van der Waals surface area contributed by atoms with Crippen molar-refractivity contribution in [3.05, 3.63) is 29.3 Å². The lowest BCUT2D eigenvalue weighted by Crippen LogP contribution is -2.48. The molecule has 0 aliphatic carbocycles. The van der Waals surface area contributed by atoms with E-state index < -0.39 is 0 Å². The summed E-state index contributed by atoms with van der Waals surface area (Å²) in [5, 5.41) is 0. The van der Waals surface area contributed by atoms with E-state index in [0.29, 0.717) is 36.3 Å². The number of rotatable bonds is 1. The number of nitrogens with two attached hydrogens (primary N) is 1. The zero-order valence-electron chi connectivity index (χ0n) is 11.7. The van der Waals surface area contributed by atoms with E-state index in [2.05, 4.69) is 0 Å². The molecule has 5 heteroatoms. The van der Waals surface area contributed by atoms with Crippen LogP contribution in [-0.2, 0) is 4.74 Å². The fourth-order valence-corrected chi connectivity index (χ4v) is 3.03. The second-order valence-corrected chi connectivity index (χ2v) is 6.04. The summed E-state index contributed by atoms with van der Waals surface area (Å²) in [5.74, 6) is -0.451. The molecular weight excluding hydrogens is 256 g/mol. The number of imide groups is 1. The molecule has 1 unspecified atom stereocenters. The molecule has 2 amide bonds. The van der Waals surface area contributed by atoms with Gasteiger partial charge < -0.3 is 10.5 Å². The number of nitrogen functional groups attached to an aromatic ring is 1. The van der Waals surface area contributed by atoms with Gasteiger partial charge in [0.1, 0.15) is 0 Å². The summed E-state index contributed by atoms with van der Waals surface area (Å²) in [6, 6.07) is 4.77. The molecule has 1 atom stereocenters. The van der Waals surface area contributed by atoms with Crippen LogP contribution in [0.2, 0.25) is 0 Å². The van der Waals surface area contributed by atoms with Gasteiger partial charge in [-0.05, 0) is 44.9 Å². The zero-order valence-corrected chi connectivity index (χ0v) is 11.7. The van der Waals surface area contributed by atoms with Crippen molar-refractivity contribution in [2.24, 2.45) is 0 Å². The lowest BCUT2D eigenvalue weighted by molar-refractivity contribution is -0.0738. The Morgan fingerprint density at radius 2 is 1.95 bits per heavy atom. The van der Waals surface area contributed by atoms with E-state index in [0.717, 1.165) is 0 Å². The van der Waals surface area contributed by atoms with Crippen molar-refractivity contribution in [3.63, 3.8) is 0 Å². The number of anilines is 1. The summed E-state index contributed by atoms with van der Waals surface area (Å²) in [6.07, 6.45) is 1.35. The van der Waals surface area contributed by atoms with Gasteiger partial charge in [0.05, 0.1) is 16.7 Å². The van der Waals surface area contributed by atoms with Crippen LogP contribution in [0.3, 0.4) is 0 Å². The van der Waals surface area contributed by atoms with E-state index in [-0.39, 0.29) is 23.5 Å². The Morgan fingerprint density at radius 1 is 1.25 bits per heavy atom. The molecule has 1 saturated heterocycles. The topological polar surface area (TPSA) is 72.6 Å². The molecule has 0 aromatic heterocycles. The second kappa shape index (κ2) is 4.31. The largest absolute Gasteiger partial charge is 0.399 e. The maximum Gasteiger partial charge on any atom is 0.261 e. The van der Waals surface area contributed by atoms with Gasteiger partial charge in [0.15, 0.2) is 0 Å². The minimum Gasteiger partial charge on any atom is -0.399 e. The average molecular weight is 274 g/mol. The van der Waals surface area contributed by atoms with Crippen LogP contribution >= 0.6 is 0 Å². The number of fused-ring (bicyclic) bond motifs is 1. The first-order valence-corrected chi connectivity index (χ1v) is 6.80. The Bertz CT molecular complexity index is 595. The molecular formula is C15H18N2O3. The van der Waals surface area contributed by atoms with Gasteiger partial charge in [-0.1, -0.05) is 0 Å². The van der Waals surface area contributed by atoms with Gasteiger partial charge in [0, 0.05) is 18.3 Å². The molecule has 2 N–H and O–H groups in total. The van der Waals surface area contributed by atoms with Crippen LogP contribution in [-0.4, -0.2) is 35.0 Å². The summed E-state index contributed by atoms with van der Waals surface area (Å²) >= 11 is 0. The van der Waals surface area contributed by atoms with E-state index >= 15 is 0 Å². The van der Waals surface area contributed by atoms with Gasteiger partial charge in [-0.15, -0.1) is 0 Å². The summed E-state index contributed by atoms with van der Waals surface area (Å²) < 4.78 is 5.65. The number of carbonyl (C=O) groups excluding carboxylic acids is 2. The summed E-state index contributed by atoms with van der Waals surface area (Å²) in [6.45, 7) is 4.53. The van der Waals surface area contributed by atoms with Gasteiger partial charge in [0.25, 0.3) is 11.8 Å². The predicted molar refractivity (Wildman–Crippen MR) is 74.4 cm³/mol. The highest BCUT2D eigenvalue weighted by atomic mass is 16.5. The van der Waals surface area contributed by atoms with Gasteiger partial charge >= 0.3 is 0 Å². The van der Waals surface area contributed by atoms with Crippen LogP contribution in [0, 0.1) is 0 Å². The molecule has 2 aliphatic heterocycles. The van der Waals surface area contributed by atoms with E-state index in [9.17, 15) is 9.59 Å². The van der Waals surface area contributed by atoms with Crippen LogP contribution < -0.4 is 5.73 Å². The standard InChI is InChI=1S/C15H18N2O3/c1-15(2)8-10(5-6-20-15)17-13(18)11-4-3-9(16)7-12(11)14(17)19/h3-4,7,10H,5-6,8,16H2,1-2H3. The molecule has 3 rings (SSSR count). The summed E-state index contributed by atoms with van der Waals surface area (Å²) in [5.41, 5.74) is 6.76. The van der Waals surface area contributed by atoms with Crippen LogP contribution in [0.25, 0.3) is 0 Å². The summed E-state index contributed by atoms with van der Waals surface area (Å²) in [7, 11) is 0.